The Kier molecular flexibility index (Phi) is 6.21. The topological polar surface area (TPSA) is 63.9 Å². The number of carbonyl (C=O) groups is 1. The number of nitrogens with zero attached hydrogens (tertiary/aromatic N) is 1. The normalized spacial score (nSPS) is 12.2. The van der Waals surface area contributed by atoms with E-state index in [1.54, 1.807) is 14.2 Å². The van der Waals surface area contributed by atoms with Gasteiger partial charge in [-0.3, -0.25) is 9.69 Å². The van der Waals surface area contributed by atoms with Crippen molar-refractivity contribution in [1.29, 1.82) is 0 Å². The summed E-state index contributed by atoms with van der Waals surface area (Å²) in [6.45, 7) is 2.82. The van der Waals surface area contributed by atoms with Crippen molar-refractivity contribution < 1.29 is 18.7 Å². The third-order valence-electron chi connectivity index (χ3n) is 4.56. The molecule has 1 atom stereocenters. The molecule has 6 nitrogen and oxygen atoms in total. The number of fused-ring (bicyclic) bond motifs is 1. The first-order valence-electron chi connectivity index (χ1n) is 9.17. The van der Waals surface area contributed by atoms with Crippen LogP contribution >= 0.6 is 0 Å². The Morgan fingerprint density at radius 2 is 1.86 bits per heavy atom. The van der Waals surface area contributed by atoms with Crippen LogP contribution in [0.15, 0.2) is 52.9 Å². The number of hydrogen-bond acceptors (Lipinski definition) is 5. The number of nitrogens with one attached hydrogen (secondary N) is 1. The molecule has 0 aliphatic carbocycles. The number of benzene rings is 2. The van der Waals surface area contributed by atoms with Crippen molar-refractivity contribution >= 4 is 16.9 Å². The van der Waals surface area contributed by atoms with Crippen LogP contribution in [0.25, 0.3) is 11.0 Å². The summed E-state index contributed by atoms with van der Waals surface area (Å²) < 4.78 is 16.4. The highest BCUT2D eigenvalue weighted by Gasteiger charge is 2.16. The van der Waals surface area contributed by atoms with Crippen LogP contribution in [0.5, 0.6) is 11.5 Å². The minimum Gasteiger partial charge on any atom is -0.493 e. The van der Waals surface area contributed by atoms with E-state index in [2.05, 4.69) is 5.32 Å². The van der Waals surface area contributed by atoms with Gasteiger partial charge in [-0.15, -0.1) is 0 Å². The monoisotopic (exact) mass is 382 g/mol. The van der Waals surface area contributed by atoms with E-state index in [4.69, 9.17) is 13.9 Å². The zero-order chi connectivity index (χ0) is 20.1. The maximum absolute atomic E-state index is 12.4. The summed E-state index contributed by atoms with van der Waals surface area (Å²) in [6, 6.07) is 15.3. The van der Waals surface area contributed by atoms with Crippen LogP contribution < -0.4 is 14.8 Å². The van der Waals surface area contributed by atoms with Gasteiger partial charge in [0.15, 0.2) is 11.5 Å². The third kappa shape index (κ3) is 4.64. The molecule has 2 aromatic carbocycles. The number of methoxy groups -OCH3 is 2. The number of ether oxygens (including phenoxy) is 2. The van der Waals surface area contributed by atoms with Gasteiger partial charge in [-0.2, -0.15) is 0 Å². The molecule has 0 spiro atoms. The zero-order valence-electron chi connectivity index (χ0n) is 16.7. The largest absolute Gasteiger partial charge is 0.493 e. The third-order valence-corrected chi connectivity index (χ3v) is 4.56. The van der Waals surface area contributed by atoms with E-state index in [0.717, 1.165) is 22.3 Å². The number of likely N-dealkylation sites (N-methyl/N-ethyl adjacent to an activating group) is 1. The number of furan rings is 1. The molecule has 6 heteroatoms. The van der Waals surface area contributed by atoms with Crippen molar-refractivity contribution in [3.05, 3.63) is 59.9 Å². The molecule has 0 fully saturated rings. The van der Waals surface area contributed by atoms with Crippen LogP contribution in [0.2, 0.25) is 0 Å². The highest BCUT2D eigenvalue weighted by atomic mass is 16.5. The Balaban J connectivity index is 1.56. The smallest absolute Gasteiger partial charge is 0.234 e. The Bertz CT molecular complexity index is 918. The second-order valence-corrected chi connectivity index (χ2v) is 6.84. The van der Waals surface area contributed by atoms with Gasteiger partial charge >= 0.3 is 0 Å². The van der Waals surface area contributed by atoms with Gasteiger partial charge in [0.05, 0.1) is 26.8 Å². The fraction of sp³-hybridized carbons (Fsp3) is 0.318. The van der Waals surface area contributed by atoms with E-state index >= 15 is 0 Å². The molecule has 3 aromatic rings. The summed E-state index contributed by atoms with van der Waals surface area (Å²) in [7, 11) is 5.12. The van der Waals surface area contributed by atoms with Crippen molar-refractivity contribution in [2.24, 2.45) is 0 Å². The lowest BCUT2D eigenvalue weighted by Gasteiger charge is -2.19. The van der Waals surface area contributed by atoms with Crippen molar-refractivity contribution in [1.82, 2.24) is 10.2 Å². The number of carbonyl (C=O) groups excluding carboxylic acids is 1. The van der Waals surface area contributed by atoms with Gasteiger partial charge in [0.1, 0.15) is 11.3 Å². The van der Waals surface area contributed by atoms with E-state index in [9.17, 15) is 4.79 Å². The molecule has 0 bridgehead atoms. The molecule has 28 heavy (non-hydrogen) atoms. The summed E-state index contributed by atoms with van der Waals surface area (Å²) in [6.07, 6.45) is 0. The van der Waals surface area contributed by atoms with Crippen LogP contribution in [0.1, 0.15) is 24.3 Å². The van der Waals surface area contributed by atoms with Crippen LogP contribution in [-0.2, 0) is 11.3 Å². The van der Waals surface area contributed by atoms with Crippen molar-refractivity contribution in [3.8, 4) is 11.5 Å². The van der Waals surface area contributed by atoms with Gasteiger partial charge in [0, 0.05) is 11.9 Å². The molecular weight excluding hydrogens is 356 g/mol. The number of rotatable bonds is 8. The SMILES string of the molecule is COc1ccc(CN(C)CC(=O)NC(C)c2cc3ccccc3o2)cc1OC. The van der Waals surface area contributed by atoms with E-state index in [1.165, 1.54) is 0 Å². The maximum Gasteiger partial charge on any atom is 0.234 e. The Labute approximate surface area is 165 Å². The molecule has 1 amide bonds. The summed E-state index contributed by atoms with van der Waals surface area (Å²) in [4.78, 5) is 14.4. The molecule has 1 heterocycles. The van der Waals surface area contributed by atoms with Gasteiger partial charge in [0.25, 0.3) is 0 Å². The number of amides is 1. The van der Waals surface area contributed by atoms with Gasteiger partial charge in [-0.05, 0) is 43.8 Å². The van der Waals surface area contributed by atoms with E-state index in [-0.39, 0.29) is 18.5 Å². The van der Waals surface area contributed by atoms with Crippen molar-refractivity contribution in [2.75, 3.05) is 27.8 Å². The zero-order valence-corrected chi connectivity index (χ0v) is 16.7. The molecule has 1 aromatic heterocycles. The average Bonchev–Trinajstić information content (AvgIpc) is 3.12. The van der Waals surface area contributed by atoms with E-state index in [0.29, 0.717) is 18.0 Å². The maximum atomic E-state index is 12.4. The minimum absolute atomic E-state index is 0.0593. The molecule has 0 aliphatic rings. The minimum atomic E-state index is -0.200. The molecular formula is C22H26N2O4. The Morgan fingerprint density at radius 1 is 1.11 bits per heavy atom. The van der Waals surface area contributed by atoms with Gasteiger partial charge < -0.3 is 19.2 Å². The standard InChI is InChI=1S/C22H26N2O4/c1-15(20-12-17-7-5-6-8-18(17)28-20)23-22(25)14-24(2)13-16-9-10-19(26-3)21(11-16)27-4/h5-12,15H,13-14H2,1-4H3,(H,23,25). The lowest BCUT2D eigenvalue weighted by Crippen LogP contribution is -2.36. The summed E-state index contributed by atoms with van der Waals surface area (Å²) in [5.74, 6) is 2.05. The molecule has 0 radical (unpaired) electrons. The fourth-order valence-electron chi connectivity index (χ4n) is 3.17. The molecule has 1 N–H and O–H groups in total. The lowest BCUT2D eigenvalue weighted by molar-refractivity contribution is -0.122. The summed E-state index contributed by atoms with van der Waals surface area (Å²) >= 11 is 0. The molecule has 0 aliphatic heterocycles. The molecule has 148 valence electrons. The average molecular weight is 382 g/mol. The van der Waals surface area contributed by atoms with E-state index < -0.39 is 0 Å². The highest BCUT2D eigenvalue weighted by Crippen LogP contribution is 2.28. The second kappa shape index (κ2) is 8.80. The molecule has 1 unspecified atom stereocenters. The Morgan fingerprint density at radius 3 is 2.57 bits per heavy atom. The first-order chi connectivity index (χ1) is 13.5. The number of para-hydroxylation sites is 1. The van der Waals surface area contributed by atoms with Gasteiger partial charge in [0.2, 0.25) is 5.91 Å². The molecule has 3 rings (SSSR count). The predicted molar refractivity (Wildman–Crippen MR) is 109 cm³/mol. The van der Waals surface area contributed by atoms with Crippen LogP contribution in [0.4, 0.5) is 0 Å². The lowest BCUT2D eigenvalue weighted by atomic mass is 10.2. The van der Waals surface area contributed by atoms with E-state index in [1.807, 2.05) is 67.4 Å². The van der Waals surface area contributed by atoms with Crippen molar-refractivity contribution in [2.45, 2.75) is 19.5 Å². The summed E-state index contributed by atoms with van der Waals surface area (Å²) in [5, 5.41) is 4.03. The highest BCUT2D eigenvalue weighted by molar-refractivity contribution is 5.80. The van der Waals surface area contributed by atoms with Crippen LogP contribution in [0, 0.1) is 0 Å². The first-order valence-corrected chi connectivity index (χ1v) is 9.17. The predicted octanol–water partition coefficient (Wildman–Crippen LogP) is 3.76. The number of hydrogen-bond donors (Lipinski definition) is 1. The van der Waals surface area contributed by atoms with Crippen LogP contribution in [0.3, 0.4) is 0 Å². The first kappa shape index (κ1) is 19.8. The molecule has 0 saturated carbocycles. The van der Waals surface area contributed by atoms with Crippen molar-refractivity contribution in [3.63, 3.8) is 0 Å². The Hall–Kier alpha value is -2.99. The van der Waals surface area contributed by atoms with Gasteiger partial charge in [-0.25, -0.2) is 0 Å². The van der Waals surface area contributed by atoms with Gasteiger partial charge in [-0.1, -0.05) is 24.3 Å². The fourth-order valence-corrected chi connectivity index (χ4v) is 3.17. The molecule has 0 saturated heterocycles. The van der Waals surface area contributed by atoms with Crippen LogP contribution in [-0.4, -0.2) is 38.6 Å². The quantitative estimate of drug-likeness (QED) is 0.643. The second-order valence-electron chi connectivity index (χ2n) is 6.84. The summed E-state index contributed by atoms with van der Waals surface area (Å²) in [5.41, 5.74) is 1.86.